The molecule has 9 rings (SSSR count). The van der Waals surface area contributed by atoms with E-state index in [9.17, 15) is 0 Å². The van der Waals surface area contributed by atoms with Gasteiger partial charge in [-0.05, 0) is 23.6 Å². The highest BCUT2D eigenvalue weighted by atomic mass is 15.0. The first-order valence-corrected chi connectivity index (χ1v) is 15.3. The first kappa shape index (κ1) is 26.1. The van der Waals surface area contributed by atoms with Crippen LogP contribution in [0.25, 0.3) is 88.8 Å². The second-order valence-electron chi connectivity index (χ2n) is 11.3. The lowest BCUT2D eigenvalue weighted by Crippen LogP contribution is -2.00. The van der Waals surface area contributed by atoms with Gasteiger partial charge in [-0.15, -0.1) is 0 Å². The third kappa shape index (κ3) is 4.37. The molecule has 6 aromatic carbocycles. The molecule has 214 valence electrons. The van der Waals surface area contributed by atoms with Crippen LogP contribution in [-0.2, 0) is 0 Å². The SMILES string of the molecule is c1ccc(-c2nc(-c3ccccc3)nc(-c3ccc4c(c3)nc(-c3ccccc3)c3ccc5ncc6ccccc6c5c34)n2)cc1. The summed E-state index contributed by atoms with van der Waals surface area (Å²) in [4.78, 5) is 25.0. The van der Waals surface area contributed by atoms with Crippen LogP contribution in [0, 0.1) is 0 Å². The molecule has 0 spiro atoms. The van der Waals surface area contributed by atoms with E-state index in [-0.39, 0.29) is 0 Å². The van der Waals surface area contributed by atoms with Gasteiger partial charge < -0.3 is 0 Å². The second kappa shape index (κ2) is 10.7. The van der Waals surface area contributed by atoms with Gasteiger partial charge in [0.15, 0.2) is 17.5 Å². The average molecular weight is 588 g/mol. The Hall–Kier alpha value is -6.33. The van der Waals surface area contributed by atoms with E-state index in [1.165, 1.54) is 5.39 Å². The van der Waals surface area contributed by atoms with Crippen molar-refractivity contribution in [2.24, 2.45) is 0 Å². The van der Waals surface area contributed by atoms with Gasteiger partial charge in [0.2, 0.25) is 0 Å². The van der Waals surface area contributed by atoms with Gasteiger partial charge in [-0.25, -0.2) is 19.9 Å². The number of aromatic nitrogens is 5. The van der Waals surface area contributed by atoms with E-state index in [4.69, 9.17) is 24.9 Å². The summed E-state index contributed by atoms with van der Waals surface area (Å²) in [6, 6.07) is 49.6. The Labute approximate surface area is 264 Å². The summed E-state index contributed by atoms with van der Waals surface area (Å²) in [6.45, 7) is 0. The summed E-state index contributed by atoms with van der Waals surface area (Å²) >= 11 is 0. The topological polar surface area (TPSA) is 64.5 Å². The molecule has 3 aromatic heterocycles. The molecule has 0 saturated carbocycles. The molecule has 0 bridgehead atoms. The molecule has 0 radical (unpaired) electrons. The van der Waals surface area contributed by atoms with Crippen molar-refractivity contribution in [1.29, 1.82) is 0 Å². The molecule has 46 heavy (non-hydrogen) atoms. The van der Waals surface area contributed by atoms with Gasteiger partial charge in [0, 0.05) is 55.4 Å². The fourth-order valence-corrected chi connectivity index (χ4v) is 6.33. The number of pyridine rings is 2. The van der Waals surface area contributed by atoms with Crippen molar-refractivity contribution in [3.05, 3.63) is 152 Å². The standard InChI is InChI=1S/C41H25N5/c1-4-12-26(13-5-1)38-33-22-23-34-37(31-19-11-10-18-30(31)25-42-34)36(33)32-21-20-29(24-35(32)43-38)41-45-39(27-14-6-2-7-15-27)44-40(46-41)28-16-8-3-9-17-28/h1-25H. The Morgan fingerprint density at radius 3 is 1.59 bits per heavy atom. The lowest BCUT2D eigenvalue weighted by molar-refractivity contribution is 1.07. The van der Waals surface area contributed by atoms with Crippen LogP contribution in [0.15, 0.2) is 152 Å². The van der Waals surface area contributed by atoms with Crippen molar-refractivity contribution in [3.8, 4) is 45.4 Å². The predicted molar refractivity (Wildman–Crippen MR) is 187 cm³/mol. The van der Waals surface area contributed by atoms with E-state index in [1.807, 2.05) is 72.9 Å². The minimum Gasteiger partial charge on any atom is -0.256 e. The summed E-state index contributed by atoms with van der Waals surface area (Å²) in [5, 5.41) is 6.70. The number of rotatable bonds is 4. The van der Waals surface area contributed by atoms with Gasteiger partial charge in [0.25, 0.3) is 0 Å². The molecule has 0 aliphatic heterocycles. The van der Waals surface area contributed by atoms with Gasteiger partial charge in [-0.1, -0.05) is 127 Å². The number of hydrogen-bond acceptors (Lipinski definition) is 5. The Balaban J connectivity index is 1.35. The molecule has 0 unspecified atom stereocenters. The molecule has 0 amide bonds. The summed E-state index contributed by atoms with van der Waals surface area (Å²) in [5.74, 6) is 1.86. The van der Waals surface area contributed by atoms with Gasteiger partial charge in [-0.3, -0.25) is 4.98 Å². The minimum absolute atomic E-state index is 0.600. The predicted octanol–water partition coefficient (Wildman–Crippen LogP) is 9.94. The third-order valence-electron chi connectivity index (χ3n) is 8.52. The van der Waals surface area contributed by atoms with Gasteiger partial charge in [0.05, 0.1) is 16.7 Å². The molecule has 0 atom stereocenters. The lowest BCUT2D eigenvalue weighted by atomic mass is 9.94. The van der Waals surface area contributed by atoms with E-state index in [0.717, 1.165) is 65.9 Å². The van der Waals surface area contributed by atoms with Gasteiger partial charge in [-0.2, -0.15) is 0 Å². The van der Waals surface area contributed by atoms with Crippen LogP contribution >= 0.6 is 0 Å². The summed E-state index contributed by atoms with van der Waals surface area (Å²) in [7, 11) is 0. The molecular weight excluding hydrogens is 562 g/mol. The van der Waals surface area contributed by atoms with E-state index >= 15 is 0 Å². The zero-order valence-electron chi connectivity index (χ0n) is 24.7. The summed E-state index contributed by atoms with van der Waals surface area (Å²) in [6.07, 6.45) is 1.96. The molecule has 3 heterocycles. The normalized spacial score (nSPS) is 11.5. The summed E-state index contributed by atoms with van der Waals surface area (Å²) < 4.78 is 0. The van der Waals surface area contributed by atoms with Crippen molar-refractivity contribution in [2.45, 2.75) is 0 Å². The molecule has 0 aliphatic carbocycles. The maximum absolute atomic E-state index is 5.32. The largest absolute Gasteiger partial charge is 0.256 e. The van der Waals surface area contributed by atoms with E-state index in [0.29, 0.717) is 17.5 Å². The molecule has 5 heteroatoms. The van der Waals surface area contributed by atoms with E-state index in [2.05, 4.69) is 78.9 Å². The van der Waals surface area contributed by atoms with E-state index < -0.39 is 0 Å². The Morgan fingerprint density at radius 2 is 0.913 bits per heavy atom. The Kier molecular flexibility index (Phi) is 6.06. The zero-order valence-corrected chi connectivity index (χ0v) is 24.7. The van der Waals surface area contributed by atoms with Gasteiger partial charge >= 0.3 is 0 Å². The van der Waals surface area contributed by atoms with Crippen LogP contribution in [0.4, 0.5) is 0 Å². The highest BCUT2D eigenvalue weighted by molar-refractivity contribution is 6.28. The van der Waals surface area contributed by atoms with Crippen LogP contribution < -0.4 is 0 Å². The minimum atomic E-state index is 0.600. The van der Waals surface area contributed by atoms with Gasteiger partial charge in [0.1, 0.15) is 0 Å². The van der Waals surface area contributed by atoms with Crippen LogP contribution in [0.5, 0.6) is 0 Å². The fraction of sp³-hybridized carbons (Fsp3) is 0. The molecule has 9 aromatic rings. The molecule has 0 N–H and O–H groups in total. The number of hydrogen-bond donors (Lipinski definition) is 0. The maximum atomic E-state index is 5.32. The van der Waals surface area contributed by atoms with Crippen molar-refractivity contribution >= 4 is 43.4 Å². The highest BCUT2D eigenvalue weighted by Gasteiger charge is 2.18. The maximum Gasteiger partial charge on any atom is 0.164 e. The Bertz CT molecular complexity index is 2510. The number of fused-ring (bicyclic) bond motifs is 7. The monoisotopic (exact) mass is 587 g/mol. The Morgan fingerprint density at radius 1 is 0.348 bits per heavy atom. The molecule has 0 saturated heterocycles. The zero-order chi connectivity index (χ0) is 30.5. The van der Waals surface area contributed by atoms with Crippen molar-refractivity contribution in [1.82, 2.24) is 24.9 Å². The number of benzene rings is 6. The molecule has 0 fully saturated rings. The van der Waals surface area contributed by atoms with E-state index in [1.54, 1.807) is 0 Å². The molecular formula is C41H25N5. The average Bonchev–Trinajstić information content (AvgIpc) is 3.14. The summed E-state index contributed by atoms with van der Waals surface area (Å²) in [5.41, 5.74) is 6.56. The van der Waals surface area contributed by atoms with Crippen LogP contribution in [0.1, 0.15) is 0 Å². The first-order chi connectivity index (χ1) is 22.8. The van der Waals surface area contributed by atoms with Crippen LogP contribution in [-0.4, -0.2) is 24.9 Å². The quantitative estimate of drug-likeness (QED) is 0.192. The number of nitrogens with zero attached hydrogens (tertiary/aromatic N) is 5. The lowest BCUT2D eigenvalue weighted by Gasteiger charge is -2.15. The fourth-order valence-electron chi connectivity index (χ4n) is 6.33. The molecule has 0 aliphatic rings. The van der Waals surface area contributed by atoms with Crippen molar-refractivity contribution in [2.75, 3.05) is 0 Å². The van der Waals surface area contributed by atoms with Crippen molar-refractivity contribution < 1.29 is 0 Å². The second-order valence-corrected chi connectivity index (χ2v) is 11.3. The molecule has 5 nitrogen and oxygen atoms in total. The van der Waals surface area contributed by atoms with Crippen LogP contribution in [0.2, 0.25) is 0 Å². The van der Waals surface area contributed by atoms with Crippen molar-refractivity contribution in [3.63, 3.8) is 0 Å². The highest BCUT2D eigenvalue weighted by Crippen LogP contribution is 2.40. The smallest absolute Gasteiger partial charge is 0.164 e. The third-order valence-corrected chi connectivity index (χ3v) is 8.52. The first-order valence-electron chi connectivity index (χ1n) is 15.3. The van der Waals surface area contributed by atoms with Crippen LogP contribution in [0.3, 0.4) is 0 Å².